The zero-order valence-electron chi connectivity index (χ0n) is 14.8. The third-order valence-electron chi connectivity index (χ3n) is 4.94. The molecule has 1 saturated heterocycles. The summed E-state index contributed by atoms with van der Waals surface area (Å²) in [5.41, 5.74) is 7.31. The van der Waals surface area contributed by atoms with E-state index in [1.165, 1.54) is 6.07 Å². The fraction of sp³-hybridized carbons (Fsp3) is 0.381. The zero-order valence-corrected chi connectivity index (χ0v) is 14.8. The van der Waals surface area contributed by atoms with Crippen molar-refractivity contribution >= 4 is 5.91 Å². The van der Waals surface area contributed by atoms with Crippen molar-refractivity contribution in [3.63, 3.8) is 0 Å². The molecule has 0 aromatic heterocycles. The van der Waals surface area contributed by atoms with Gasteiger partial charge in [-0.3, -0.25) is 4.79 Å². The third kappa shape index (κ3) is 4.48. The molecule has 1 aliphatic heterocycles. The molecule has 2 aromatic rings. The van der Waals surface area contributed by atoms with Crippen LogP contribution in [0.3, 0.4) is 0 Å². The van der Waals surface area contributed by atoms with E-state index in [9.17, 15) is 9.18 Å². The number of nitrogens with two attached hydrogens (primary N) is 1. The first-order chi connectivity index (χ1) is 12.6. The minimum Gasteiger partial charge on any atom is -0.381 e. The number of hydrogen-bond acceptors (Lipinski definition) is 3. The first-order valence-electron chi connectivity index (χ1n) is 9.02. The summed E-state index contributed by atoms with van der Waals surface area (Å²) >= 11 is 0. The Balaban J connectivity index is 1.66. The molecule has 1 amide bonds. The number of rotatable bonds is 6. The van der Waals surface area contributed by atoms with Crippen molar-refractivity contribution in [1.82, 2.24) is 5.32 Å². The molecule has 1 fully saturated rings. The van der Waals surface area contributed by atoms with Gasteiger partial charge in [-0.2, -0.15) is 0 Å². The van der Waals surface area contributed by atoms with E-state index in [2.05, 4.69) is 5.32 Å². The maximum absolute atomic E-state index is 13.8. The highest BCUT2D eigenvalue weighted by atomic mass is 19.1. The average Bonchev–Trinajstić information content (AvgIpc) is 2.65. The van der Waals surface area contributed by atoms with Crippen LogP contribution in [-0.2, 0) is 21.5 Å². The van der Waals surface area contributed by atoms with Crippen LogP contribution >= 0.6 is 0 Å². The lowest BCUT2D eigenvalue weighted by molar-refractivity contribution is -0.124. The van der Waals surface area contributed by atoms with E-state index >= 15 is 0 Å². The highest BCUT2D eigenvalue weighted by Gasteiger charge is 2.36. The molecule has 1 aliphatic rings. The smallest absolute Gasteiger partial charge is 0.222 e. The van der Waals surface area contributed by atoms with Gasteiger partial charge in [-0.15, -0.1) is 0 Å². The van der Waals surface area contributed by atoms with Crippen LogP contribution in [0.15, 0.2) is 54.6 Å². The number of benzene rings is 2. The summed E-state index contributed by atoms with van der Waals surface area (Å²) in [7, 11) is 0. The predicted molar refractivity (Wildman–Crippen MR) is 99.0 cm³/mol. The van der Waals surface area contributed by atoms with Crippen LogP contribution in [-0.4, -0.2) is 25.2 Å². The van der Waals surface area contributed by atoms with Gasteiger partial charge in [-0.05, 0) is 36.5 Å². The fourth-order valence-electron chi connectivity index (χ4n) is 3.54. The molecule has 5 heteroatoms. The van der Waals surface area contributed by atoms with Gasteiger partial charge in [0, 0.05) is 25.7 Å². The Morgan fingerprint density at radius 3 is 2.46 bits per heavy atom. The molecule has 0 saturated carbocycles. The summed E-state index contributed by atoms with van der Waals surface area (Å²) in [6.07, 6.45) is 1.95. The van der Waals surface area contributed by atoms with Crippen LogP contribution < -0.4 is 11.1 Å². The minimum absolute atomic E-state index is 0.111. The second-order valence-electron chi connectivity index (χ2n) is 6.87. The van der Waals surface area contributed by atoms with Crippen LogP contribution in [0.25, 0.3) is 0 Å². The van der Waals surface area contributed by atoms with Gasteiger partial charge in [0.15, 0.2) is 0 Å². The van der Waals surface area contributed by atoms with Crippen molar-refractivity contribution in [2.45, 2.75) is 37.3 Å². The molecule has 3 N–H and O–H groups in total. The second kappa shape index (κ2) is 8.43. The van der Waals surface area contributed by atoms with E-state index in [4.69, 9.17) is 10.5 Å². The number of halogens is 1. The van der Waals surface area contributed by atoms with Gasteiger partial charge in [0.2, 0.25) is 5.91 Å². The van der Waals surface area contributed by atoms with Gasteiger partial charge >= 0.3 is 0 Å². The van der Waals surface area contributed by atoms with Crippen molar-refractivity contribution in [2.24, 2.45) is 5.73 Å². The van der Waals surface area contributed by atoms with E-state index in [0.717, 1.165) is 18.4 Å². The van der Waals surface area contributed by atoms with E-state index in [0.29, 0.717) is 25.2 Å². The van der Waals surface area contributed by atoms with Crippen LogP contribution in [0.5, 0.6) is 0 Å². The van der Waals surface area contributed by atoms with Crippen molar-refractivity contribution in [3.05, 3.63) is 71.5 Å². The Morgan fingerprint density at radius 2 is 1.77 bits per heavy atom. The normalized spacial score (nSPS) is 17.5. The molecule has 3 rings (SSSR count). The second-order valence-corrected chi connectivity index (χ2v) is 6.87. The standard InChI is InChI=1S/C21H25FN2O2/c22-19-9-5-4-6-16(19)14-18(23)15-20(25)24-21(10-12-26-13-11-21)17-7-2-1-3-8-17/h1-9,18H,10-15,23H2,(H,24,25)/t18-/m1/s1. The van der Waals surface area contributed by atoms with E-state index in [1.807, 2.05) is 30.3 Å². The van der Waals surface area contributed by atoms with Gasteiger partial charge < -0.3 is 15.8 Å². The lowest BCUT2D eigenvalue weighted by Gasteiger charge is -2.38. The third-order valence-corrected chi connectivity index (χ3v) is 4.94. The van der Waals surface area contributed by atoms with Gasteiger partial charge in [-0.25, -0.2) is 4.39 Å². The number of carbonyl (C=O) groups is 1. The average molecular weight is 356 g/mol. The molecule has 138 valence electrons. The highest BCUT2D eigenvalue weighted by Crippen LogP contribution is 2.32. The Hall–Kier alpha value is -2.24. The maximum atomic E-state index is 13.8. The van der Waals surface area contributed by atoms with Gasteiger partial charge in [0.1, 0.15) is 5.82 Å². The molecule has 0 unspecified atom stereocenters. The summed E-state index contributed by atoms with van der Waals surface area (Å²) in [4.78, 5) is 12.6. The molecule has 1 atom stereocenters. The largest absolute Gasteiger partial charge is 0.381 e. The first-order valence-corrected chi connectivity index (χ1v) is 9.02. The summed E-state index contributed by atoms with van der Waals surface area (Å²) in [6.45, 7) is 1.22. The molecule has 0 radical (unpaired) electrons. The number of ether oxygens (including phenoxy) is 1. The van der Waals surface area contributed by atoms with E-state index in [1.54, 1.807) is 18.2 Å². The van der Waals surface area contributed by atoms with Crippen LogP contribution in [0.1, 0.15) is 30.4 Å². The van der Waals surface area contributed by atoms with Crippen LogP contribution in [0, 0.1) is 5.82 Å². The Bertz CT molecular complexity index is 730. The van der Waals surface area contributed by atoms with Crippen molar-refractivity contribution in [2.75, 3.05) is 13.2 Å². The SMILES string of the molecule is N[C@@H](CC(=O)NC1(c2ccccc2)CCOCC1)Cc1ccccc1F. The maximum Gasteiger partial charge on any atom is 0.222 e. The molecular formula is C21H25FN2O2. The first kappa shape index (κ1) is 18.5. The molecule has 0 spiro atoms. The Labute approximate surface area is 153 Å². The summed E-state index contributed by atoms with van der Waals surface area (Å²) in [5.74, 6) is -0.395. The molecule has 4 nitrogen and oxygen atoms in total. The van der Waals surface area contributed by atoms with Gasteiger partial charge in [0.25, 0.3) is 0 Å². The molecule has 0 bridgehead atoms. The predicted octanol–water partition coefficient (Wildman–Crippen LogP) is 2.91. The number of hydrogen-bond donors (Lipinski definition) is 2. The lowest BCUT2D eigenvalue weighted by Crippen LogP contribution is -2.50. The quantitative estimate of drug-likeness (QED) is 0.836. The van der Waals surface area contributed by atoms with E-state index in [-0.39, 0.29) is 18.1 Å². The number of amides is 1. The molecule has 0 aliphatic carbocycles. The van der Waals surface area contributed by atoms with Crippen molar-refractivity contribution in [1.29, 1.82) is 0 Å². The number of nitrogens with one attached hydrogen (secondary N) is 1. The summed E-state index contributed by atoms with van der Waals surface area (Å²) in [6, 6.07) is 16.1. The summed E-state index contributed by atoms with van der Waals surface area (Å²) in [5, 5.41) is 3.19. The van der Waals surface area contributed by atoms with Gasteiger partial charge in [0.05, 0.1) is 5.54 Å². The van der Waals surface area contributed by atoms with Gasteiger partial charge in [-0.1, -0.05) is 48.5 Å². The van der Waals surface area contributed by atoms with Crippen molar-refractivity contribution < 1.29 is 13.9 Å². The monoisotopic (exact) mass is 356 g/mol. The zero-order chi connectivity index (χ0) is 18.4. The lowest BCUT2D eigenvalue weighted by atomic mass is 9.82. The van der Waals surface area contributed by atoms with Crippen LogP contribution in [0.2, 0.25) is 0 Å². The topological polar surface area (TPSA) is 64.4 Å². The molecule has 2 aromatic carbocycles. The number of carbonyl (C=O) groups excluding carboxylic acids is 1. The molecule has 1 heterocycles. The van der Waals surface area contributed by atoms with Crippen LogP contribution in [0.4, 0.5) is 4.39 Å². The summed E-state index contributed by atoms with van der Waals surface area (Å²) < 4.78 is 19.3. The Morgan fingerprint density at radius 1 is 1.12 bits per heavy atom. The highest BCUT2D eigenvalue weighted by molar-refractivity contribution is 5.77. The fourth-order valence-corrected chi connectivity index (χ4v) is 3.54. The van der Waals surface area contributed by atoms with Crippen molar-refractivity contribution in [3.8, 4) is 0 Å². The molecular weight excluding hydrogens is 331 g/mol. The molecule has 26 heavy (non-hydrogen) atoms. The Kier molecular flexibility index (Phi) is 6.01. The minimum atomic E-state index is -0.431. The van der Waals surface area contributed by atoms with E-state index < -0.39 is 11.6 Å².